The number of aromatic amines is 1. The van der Waals surface area contributed by atoms with Crippen LogP contribution >= 0.6 is 0 Å². The highest BCUT2D eigenvalue weighted by atomic mass is 16.6. The van der Waals surface area contributed by atoms with Crippen molar-refractivity contribution in [1.29, 1.82) is 0 Å². The fraction of sp³-hybridized carbons (Fsp3) is 0.615. The van der Waals surface area contributed by atoms with Crippen molar-refractivity contribution in [3.05, 3.63) is 18.2 Å². The van der Waals surface area contributed by atoms with Gasteiger partial charge in [-0.15, -0.1) is 0 Å². The van der Waals surface area contributed by atoms with E-state index in [1.807, 2.05) is 0 Å². The molecule has 0 saturated heterocycles. The number of nitrogens with one attached hydrogen (secondary N) is 3. The maximum absolute atomic E-state index is 11.4. The minimum absolute atomic E-state index is 0.269. The quantitative estimate of drug-likeness (QED) is 0.545. The van der Waals surface area contributed by atoms with Crippen molar-refractivity contribution in [2.45, 2.75) is 38.8 Å². The average molecular weight is 298 g/mol. The van der Waals surface area contributed by atoms with Crippen LogP contribution in [0.2, 0.25) is 0 Å². The van der Waals surface area contributed by atoms with Gasteiger partial charge in [0.1, 0.15) is 11.6 Å². The number of aromatic nitrogens is 2. The maximum Gasteiger partial charge on any atom is 0.407 e. The van der Waals surface area contributed by atoms with Crippen LogP contribution in [0.15, 0.2) is 12.5 Å². The van der Waals surface area contributed by atoms with E-state index in [0.29, 0.717) is 12.2 Å². The molecule has 0 aliphatic heterocycles. The number of alkyl carbamates (subject to hydrolysis) is 1. The number of imidazole rings is 1. The summed E-state index contributed by atoms with van der Waals surface area (Å²) in [6.45, 7) is 5.92. The number of amides is 1. The summed E-state index contributed by atoms with van der Waals surface area (Å²) >= 11 is 0. The normalized spacial score (nSPS) is 12.7. The van der Waals surface area contributed by atoms with Crippen molar-refractivity contribution in [2.24, 2.45) is 0 Å². The van der Waals surface area contributed by atoms with Crippen LogP contribution in [0.5, 0.6) is 0 Å². The number of carbonyl (C=O) groups excluding carboxylic acids is 1. The van der Waals surface area contributed by atoms with Crippen LogP contribution in [-0.2, 0) is 16.0 Å². The molecule has 4 N–H and O–H groups in total. The number of carbonyl (C=O) groups is 2. The number of H-pyrrole nitrogens is 1. The molecule has 1 aromatic rings. The third-order valence-electron chi connectivity index (χ3n) is 2.45. The summed E-state index contributed by atoms with van der Waals surface area (Å²) in [7, 11) is 0. The lowest BCUT2D eigenvalue weighted by Gasteiger charge is -2.20. The molecule has 8 heteroatoms. The van der Waals surface area contributed by atoms with E-state index in [4.69, 9.17) is 9.84 Å². The lowest BCUT2D eigenvalue weighted by Crippen LogP contribution is -2.43. The monoisotopic (exact) mass is 298 g/mol. The van der Waals surface area contributed by atoms with Crippen molar-refractivity contribution < 1.29 is 19.4 Å². The van der Waals surface area contributed by atoms with Gasteiger partial charge in [-0.05, 0) is 20.8 Å². The molecule has 1 atom stereocenters. The Morgan fingerprint density at radius 2 is 2.14 bits per heavy atom. The van der Waals surface area contributed by atoms with E-state index in [2.05, 4.69) is 20.6 Å². The molecule has 21 heavy (non-hydrogen) atoms. The van der Waals surface area contributed by atoms with Crippen LogP contribution in [-0.4, -0.2) is 51.9 Å². The number of nitrogens with zero attached hydrogens (tertiary/aromatic N) is 1. The van der Waals surface area contributed by atoms with E-state index >= 15 is 0 Å². The first-order valence-corrected chi connectivity index (χ1v) is 6.68. The van der Waals surface area contributed by atoms with Gasteiger partial charge in [-0.2, -0.15) is 0 Å². The van der Waals surface area contributed by atoms with Gasteiger partial charge in [0.15, 0.2) is 0 Å². The van der Waals surface area contributed by atoms with E-state index in [1.54, 1.807) is 27.0 Å². The van der Waals surface area contributed by atoms with Crippen LogP contribution in [0.4, 0.5) is 4.79 Å². The molecule has 8 nitrogen and oxygen atoms in total. The van der Waals surface area contributed by atoms with Crippen LogP contribution in [0.1, 0.15) is 26.5 Å². The zero-order chi connectivity index (χ0) is 15.9. The molecule has 0 fully saturated rings. The highest BCUT2D eigenvalue weighted by molar-refractivity contribution is 5.73. The molecule has 0 bridgehead atoms. The van der Waals surface area contributed by atoms with Crippen molar-refractivity contribution in [2.75, 3.05) is 13.1 Å². The Labute approximate surface area is 123 Å². The minimum atomic E-state index is -0.963. The Balaban J connectivity index is 2.28. The molecular formula is C13H22N4O4. The zero-order valence-electron chi connectivity index (χ0n) is 12.5. The Hall–Kier alpha value is -2.09. The third-order valence-corrected chi connectivity index (χ3v) is 2.45. The summed E-state index contributed by atoms with van der Waals surface area (Å²) < 4.78 is 5.07. The largest absolute Gasteiger partial charge is 0.480 e. The fourth-order valence-corrected chi connectivity index (χ4v) is 1.58. The second-order valence-corrected chi connectivity index (χ2v) is 5.54. The number of carboxylic acid groups (broad SMARTS) is 1. The molecule has 1 heterocycles. The zero-order valence-corrected chi connectivity index (χ0v) is 12.5. The maximum atomic E-state index is 11.4. The van der Waals surface area contributed by atoms with Crippen LogP contribution in [0.3, 0.4) is 0 Å². The van der Waals surface area contributed by atoms with Gasteiger partial charge in [-0.25, -0.2) is 9.78 Å². The summed E-state index contributed by atoms with van der Waals surface area (Å²) in [5.41, 5.74) is 0.108. The van der Waals surface area contributed by atoms with Gasteiger partial charge < -0.3 is 25.5 Å². The van der Waals surface area contributed by atoms with Crippen LogP contribution in [0, 0.1) is 0 Å². The first-order chi connectivity index (χ1) is 9.78. The number of hydrogen-bond donors (Lipinski definition) is 4. The van der Waals surface area contributed by atoms with Crippen LogP contribution in [0.25, 0.3) is 0 Å². The number of aliphatic carboxylic acids is 1. The van der Waals surface area contributed by atoms with Crippen molar-refractivity contribution >= 4 is 12.1 Å². The first-order valence-electron chi connectivity index (χ1n) is 6.68. The van der Waals surface area contributed by atoms with Gasteiger partial charge in [-0.3, -0.25) is 4.79 Å². The van der Waals surface area contributed by atoms with Gasteiger partial charge in [0.25, 0.3) is 0 Å². The molecule has 0 aromatic carbocycles. The molecule has 0 aliphatic rings. The molecule has 0 aliphatic carbocycles. The van der Waals surface area contributed by atoms with Crippen molar-refractivity contribution in [3.8, 4) is 0 Å². The molecular weight excluding hydrogens is 276 g/mol. The fourth-order valence-electron chi connectivity index (χ4n) is 1.58. The number of carboxylic acids is 1. The lowest BCUT2D eigenvalue weighted by molar-refractivity contribution is -0.139. The first kappa shape index (κ1) is 17.0. The second kappa shape index (κ2) is 7.63. The second-order valence-electron chi connectivity index (χ2n) is 5.54. The van der Waals surface area contributed by atoms with Crippen LogP contribution < -0.4 is 10.6 Å². The van der Waals surface area contributed by atoms with E-state index in [0.717, 1.165) is 0 Å². The SMILES string of the molecule is CC(C)(C)OC(=O)NCCN[C@H](Cc1c[nH]cn1)C(=O)O. The Morgan fingerprint density at radius 3 is 2.67 bits per heavy atom. The Bertz CT molecular complexity index is 453. The van der Waals surface area contributed by atoms with E-state index in [9.17, 15) is 9.59 Å². The third kappa shape index (κ3) is 7.31. The molecule has 0 radical (unpaired) electrons. The highest BCUT2D eigenvalue weighted by Gasteiger charge is 2.19. The predicted octanol–water partition coefficient (Wildman–Crippen LogP) is 0.520. The van der Waals surface area contributed by atoms with Gasteiger partial charge in [0.05, 0.1) is 12.0 Å². The standard InChI is InChI=1S/C13H22N4O4/c1-13(2,3)21-12(20)16-5-4-15-10(11(18)19)6-9-7-14-8-17-9/h7-8,10,15H,4-6H2,1-3H3,(H,14,17)(H,16,20)(H,18,19)/t10-/m1/s1. The Kier molecular flexibility index (Phi) is 6.16. The van der Waals surface area contributed by atoms with Gasteiger partial charge in [-0.1, -0.05) is 0 Å². The Morgan fingerprint density at radius 1 is 1.43 bits per heavy atom. The van der Waals surface area contributed by atoms with Gasteiger partial charge >= 0.3 is 12.1 Å². The summed E-state index contributed by atoms with van der Waals surface area (Å²) in [6.07, 6.45) is 2.89. The molecule has 0 spiro atoms. The predicted molar refractivity (Wildman–Crippen MR) is 76.0 cm³/mol. The van der Waals surface area contributed by atoms with Gasteiger partial charge in [0, 0.05) is 25.7 Å². The molecule has 1 aromatic heterocycles. The molecule has 0 saturated carbocycles. The van der Waals surface area contributed by atoms with Gasteiger partial charge in [0.2, 0.25) is 0 Å². The van der Waals surface area contributed by atoms with E-state index in [-0.39, 0.29) is 13.0 Å². The number of hydrogen-bond acceptors (Lipinski definition) is 5. The molecule has 118 valence electrons. The average Bonchev–Trinajstić information content (AvgIpc) is 2.83. The van der Waals surface area contributed by atoms with Crippen molar-refractivity contribution in [1.82, 2.24) is 20.6 Å². The van der Waals surface area contributed by atoms with E-state index < -0.39 is 23.7 Å². The highest BCUT2D eigenvalue weighted by Crippen LogP contribution is 2.06. The summed E-state index contributed by atoms with van der Waals surface area (Å²) in [5, 5.41) is 14.5. The minimum Gasteiger partial charge on any atom is -0.480 e. The van der Waals surface area contributed by atoms with E-state index in [1.165, 1.54) is 6.33 Å². The molecule has 0 unspecified atom stereocenters. The van der Waals surface area contributed by atoms with Crippen molar-refractivity contribution in [3.63, 3.8) is 0 Å². The topological polar surface area (TPSA) is 116 Å². The number of ether oxygens (including phenoxy) is 1. The lowest BCUT2D eigenvalue weighted by atomic mass is 10.1. The summed E-state index contributed by atoms with van der Waals surface area (Å²) in [6, 6.07) is -0.756. The number of rotatable bonds is 7. The molecule has 1 rings (SSSR count). The molecule has 1 amide bonds. The summed E-state index contributed by atoms with van der Waals surface area (Å²) in [4.78, 5) is 29.3. The summed E-state index contributed by atoms with van der Waals surface area (Å²) in [5.74, 6) is -0.963. The smallest absolute Gasteiger partial charge is 0.407 e.